The molecule has 1 aromatic rings. The monoisotopic (exact) mass is 446 g/mol. The van der Waals surface area contributed by atoms with E-state index in [2.05, 4.69) is 4.74 Å². The highest BCUT2D eigenvalue weighted by Crippen LogP contribution is 2.31. The lowest BCUT2D eigenvalue weighted by atomic mass is 10.1. The van der Waals surface area contributed by atoms with Crippen molar-refractivity contribution in [2.75, 3.05) is 13.7 Å². The lowest BCUT2D eigenvalue weighted by Gasteiger charge is -2.23. The molecule has 1 fully saturated rings. The zero-order chi connectivity index (χ0) is 22.5. The second-order valence-corrected chi connectivity index (χ2v) is 7.89. The van der Waals surface area contributed by atoms with Gasteiger partial charge >= 0.3 is 18.1 Å². The fourth-order valence-corrected chi connectivity index (χ4v) is 3.74. The molecule has 4 atom stereocenters. The number of ether oxygens (including phenoxy) is 5. The number of carbonyl (C=O) groups is 3. The fourth-order valence-electron chi connectivity index (χ4n) is 2.63. The Labute approximate surface area is 173 Å². The van der Waals surface area contributed by atoms with Crippen molar-refractivity contribution in [3.63, 3.8) is 0 Å². The Morgan fingerprint density at radius 3 is 2.13 bits per heavy atom. The molecule has 1 heterocycles. The Morgan fingerprint density at radius 1 is 1.00 bits per heavy atom. The summed E-state index contributed by atoms with van der Waals surface area (Å²) in [6, 6.07) is 5.82. The van der Waals surface area contributed by atoms with Crippen molar-refractivity contribution in [3.05, 3.63) is 29.8 Å². The molecule has 0 radical (unpaired) electrons. The highest BCUT2D eigenvalue weighted by Gasteiger charge is 2.52. The first-order valence-electron chi connectivity index (χ1n) is 8.74. The van der Waals surface area contributed by atoms with Gasteiger partial charge in [-0.05, 0) is 19.1 Å². The SMILES string of the molecule is COC(=O)OC[C@H]1OC(OC(C)=O)[C@H](OC(C)=O)[C@H]1OS(=O)(=O)c1ccc(C)cc1. The molecule has 166 valence electrons. The number of esters is 2. The lowest BCUT2D eigenvalue weighted by Crippen LogP contribution is -2.42. The molecule has 0 aliphatic carbocycles. The molecule has 0 N–H and O–H groups in total. The van der Waals surface area contributed by atoms with E-state index in [1.165, 1.54) is 12.1 Å². The zero-order valence-electron chi connectivity index (χ0n) is 16.7. The van der Waals surface area contributed by atoms with Crippen molar-refractivity contribution in [3.8, 4) is 0 Å². The molecule has 0 bridgehead atoms. The molecule has 1 aromatic carbocycles. The number of hydrogen-bond acceptors (Lipinski definition) is 11. The topological polar surface area (TPSA) is 141 Å². The van der Waals surface area contributed by atoms with Crippen LogP contribution in [-0.2, 0) is 47.6 Å². The van der Waals surface area contributed by atoms with Crippen LogP contribution in [0.5, 0.6) is 0 Å². The van der Waals surface area contributed by atoms with Crippen molar-refractivity contribution >= 4 is 28.2 Å². The van der Waals surface area contributed by atoms with Crippen molar-refractivity contribution in [2.45, 2.75) is 50.3 Å². The van der Waals surface area contributed by atoms with E-state index in [1.807, 2.05) is 0 Å². The van der Waals surface area contributed by atoms with E-state index in [1.54, 1.807) is 19.1 Å². The van der Waals surface area contributed by atoms with Crippen molar-refractivity contribution < 1.29 is 50.7 Å². The number of carbonyl (C=O) groups excluding carboxylic acids is 3. The van der Waals surface area contributed by atoms with E-state index in [-0.39, 0.29) is 4.90 Å². The standard InChI is InChI=1S/C18H22O11S/c1-10-5-7-13(8-6-10)30(22,23)29-15-14(9-25-18(21)24-4)28-17(27-12(3)20)16(15)26-11(2)19/h5-8,14-17H,9H2,1-4H3/t14-,15+,16-,17?/m1/s1. The summed E-state index contributed by atoms with van der Waals surface area (Å²) >= 11 is 0. The molecular weight excluding hydrogens is 424 g/mol. The van der Waals surface area contributed by atoms with Gasteiger partial charge in [-0.15, -0.1) is 0 Å². The van der Waals surface area contributed by atoms with E-state index in [0.717, 1.165) is 26.5 Å². The first-order chi connectivity index (χ1) is 14.0. The van der Waals surface area contributed by atoms with Crippen LogP contribution in [0.15, 0.2) is 29.2 Å². The Balaban J connectivity index is 2.34. The molecule has 1 aliphatic rings. The van der Waals surface area contributed by atoms with Gasteiger partial charge in [-0.1, -0.05) is 17.7 Å². The molecule has 0 spiro atoms. The average Bonchev–Trinajstić information content (AvgIpc) is 2.95. The van der Waals surface area contributed by atoms with Crippen LogP contribution in [0, 0.1) is 6.92 Å². The lowest BCUT2D eigenvalue weighted by molar-refractivity contribution is -0.196. The van der Waals surface area contributed by atoms with E-state index >= 15 is 0 Å². The second-order valence-electron chi connectivity index (χ2n) is 6.32. The first kappa shape index (κ1) is 23.6. The summed E-state index contributed by atoms with van der Waals surface area (Å²) in [6.07, 6.45) is -6.69. The molecule has 1 saturated heterocycles. The molecule has 12 heteroatoms. The van der Waals surface area contributed by atoms with E-state index in [0.29, 0.717) is 0 Å². The highest BCUT2D eigenvalue weighted by molar-refractivity contribution is 7.86. The third-order valence-corrected chi connectivity index (χ3v) is 5.26. The summed E-state index contributed by atoms with van der Waals surface area (Å²) in [5.74, 6) is -1.57. The number of rotatable bonds is 7. The normalized spacial score (nSPS) is 23.5. The number of aryl methyl sites for hydroxylation is 1. The van der Waals surface area contributed by atoms with Crippen LogP contribution in [0.4, 0.5) is 4.79 Å². The van der Waals surface area contributed by atoms with Crippen LogP contribution >= 0.6 is 0 Å². The molecular formula is C18H22O11S. The maximum absolute atomic E-state index is 12.7. The van der Waals surface area contributed by atoms with Crippen molar-refractivity contribution in [1.82, 2.24) is 0 Å². The molecule has 1 unspecified atom stereocenters. The van der Waals surface area contributed by atoms with Crippen LogP contribution in [0.2, 0.25) is 0 Å². The molecule has 0 saturated carbocycles. The maximum Gasteiger partial charge on any atom is 0.508 e. The Morgan fingerprint density at radius 2 is 1.60 bits per heavy atom. The number of hydrogen-bond donors (Lipinski definition) is 0. The summed E-state index contributed by atoms with van der Waals surface area (Å²) in [6.45, 7) is 3.43. The minimum absolute atomic E-state index is 0.154. The van der Waals surface area contributed by atoms with Crippen LogP contribution in [0.3, 0.4) is 0 Å². The molecule has 0 aromatic heterocycles. The molecule has 30 heavy (non-hydrogen) atoms. The van der Waals surface area contributed by atoms with Gasteiger partial charge in [0.1, 0.15) is 12.7 Å². The first-order valence-corrected chi connectivity index (χ1v) is 10.1. The smallest absolute Gasteiger partial charge is 0.453 e. The van der Waals surface area contributed by atoms with Gasteiger partial charge in [-0.2, -0.15) is 8.42 Å². The Bertz CT molecular complexity index is 878. The van der Waals surface area contributed by atoms with Gasteiger partial charge < -0.3 is 23.7 Å². The third-order valence-electron chi connectivity index (χ3n) is 3.93. The molecule has 11 nitrogen and oxygen atoms in total. The average molecular weight is 446 g/mol. The Kier molecular flexibility index (Phi) is 7.76. The molecule has 2 rings (SSSR count). The second kappa shape index (κ2) is 9.87. The maximum atomic E-state index is 12.7. The van der Waals surface area contributed by atoms with Gasteiger partial charge in [-0.25, -0.2) is 4.79 Å². The largest absolute Gasteiger partial charge is 0.508 e. The van der Waals surface area contributed by atoms with Gasteiger partial charge in [0.15, 0.2) is 12.2 Å². The van der Waals surface area contributed by atoms with Crippen molar-refractivity contribution in [1.29, 1.82) is 0 Å². The molecule has 1 aliphatic heterocycles. The summed E-state index contributed by atoms with van der Waals surface area (Å²) in [5.41, 5.74) is 0.829. The number of methoxy groups -OCH3 is 1. The van der Waals surface area contributed by atoms with Crippen molar-refractivity contribution in [2.24, 2.45) is 0 Å². The van der Waals surface area contributed by atoms with Gasteiger partial charge in [-0.3, -0.25) is 13.8 Å². The minimum atomic E-state index is -4.34. The van der Waals surface area contributed by atoms with Gasteiger partial charge in [0.05, 0.1) is 12.0 Å². The van der Waals surface area contributed by atoms with E-state index < -0.39 is 59.4 Å². The fraction of sp³-hybridized carbons (Fsp3) is 0.500. The predicted octanol–water partition coefficient (Wildman–Crippen LogP) is 1.07. The van der Waals surface area contributed by atoms with Crippen LogP contribution in [-0.4, -0.2) is 64.8 Å². The number of benzene rings is 1. The quantitative estimate of drug-likeness (QED) is 0.337. The summed E-state index contributed by atoms with van der Waals surface area (Å²) in [5, 5.41) is 0. The van der Waals surface area contributed by atoms with Crippen LogP contribution < -0.4 is 0 Å². The van der Waals surface area contributed by atoms with E-state index in [9.17, 15) is 22.8 Å². The van der Waals surface area contributed by atoms with Crippen LogP contribution in [0.25, 0.3) is 0 Å². The summed E-state index contributed by atoms with van der Waals surface area (Å²) < 4.78 is 55.4. The van der Waals surface area contributed by atoms with Gasteiger partial charge in [0.2, 0.25) is 6.29 Å². The highest BCUT2D eigenvalue weighted by atomic mass is 32.2. The Hall–Kier alpha value is -2.70. The zero-order valence-corrected chi connectivity index (χ0v) is 17.5. The summed E-state index contributed by atoms with van der Waals surface area (Å²) in [7, 11) is -3.26. The van der Waals surface area contributed by atoms with Gasteiger partial charge in [0, 0.05) is 13.8 Å². The van der Waals surface area contributed by atoms with Crippen LogP contribution in [0.1, 0.15) is 19.4 Å². The van der Waals surface area contributed by atoms with E-state index in [4.69, 9.17) is 23.1 Å². The summed E-state index contributed by atoms with van der Waals surface area (Å²) in [4.78, 5) is 34.1. The third kappa shape index (κ3) is 6.15. The minimum Gasteiger partial charge on any atom is -0.453 e. The van der Waals surface area contributed by atoms with Gasteiger partial charge in [0.25, 0.3) is 10.1 Å². The molecule has 0 amide bonds. The predicted molar refractivity (Wildman–Crippen MR) is 97.6 cm³/mol.